The van der Waals surface area contributed by atoms with Crippen LogP contribution in [0, 0.1) is 11.7 Å². The Balaban J connectivity index is 1.51. The maximum atomic E-state index is 13.5. The first-order valence-electron chi connectivity index (χ1n) is 8.76. The summed E-state index contributed by atoms with van der Waals surface area (Å²) in [6.07, 6.45) is -2.68. The lowest BCUT2D eigenvalue weighted by atomic mass is 10.0. The predicted molar refractivity (Wildman–Crippen MR) is 89.6 cm³/mol. The number of carbonyl (C=O) groups excluding carboxylic acids is 1. The first-order valence-corrected chi connectivity index (χ1v) is 8.76. The summed E-state index contributed by atoms with van der Waals surface area (Å²) < 4.78 is 54.2. The van der Waals surface area contributed by atoms with E-state index in [1.54, 1.807) is 0 Å². The highest BCUT2D eigenvalue weighted by atomic mass is 19.4. The molecule has 0 bridgehead atoms. The molecule has 2 aliphatic rings. The van der Waals surface area contributed by atoms with E-state index in [0.717, 1.165) is 17.5 Å². The highest BCUT2D eigenvalue weighted by Crippen LogP contribution is 2.45. The molecular formula is C18H18F4N4O. The van der Waals surface area contributed by atoms with Crippen LogP contribution in [0.1, 0.15) is 41.4 Å². The molecule has 1 amide bonds. The number of amides is 1. The molecule has 9 heteroatoms. The Kier molecular flexibility index (Phi) is 4.32. The highest BCUT2D eigenvalue weighted by molar-refractivity contribution is 5.93. The van der Waals surface area contributed by atoms with Gasteiger partial charge in [0.05, 0.1) is 0 Å². The number of nitrogens with one attached hydrogen (secondary N) is 2. The molecule has 2 N–H and O–H groups in total. The molecule has 27 heavy (non-hydrogen) atoms. The number of carbonyl (C=O) groups is 1. The average molecular weight is 382 g/mol. The maximum Gasteiger partial charge on any atom is 0.410 e. The van der Waals surface area contributed by atoms with Crippen LogP contribution in [-0.4, -0.2) is 27.9 Å². The SMILES string of the molecule is O=C(NCc1ccc(F)cc1)c1cc2n(n1)[C@@H](C(F)(F)F)C[C@@H](C1CC1)N2. The Morgan fingerprint density at radius 2 is 1.96 bits per heavy atom. The van der Waals surface area contributed by atoms with E-state index in [9.17, 15) is 22.4 Å². The zero-order chi connectivity index (χ0) is 19.2. The summed E-state index contributed by atoms with van der Waals surface area (Å²) in [7, 11) is 0. The van der Waals surface area contributed by atoms with Crippen molar-refractivity contribution in [2.75, 3.05) is 5.32 Å². The molecule has 1 fully saturated rings. The van der Waals surface area contributed by atoms with Gasteiger partial charge in [-0.3, -0.25) is 4.79 Å². The summed E-state index contributed by atoms with van der Waals surface area (Å²) in [6, 6.07) is 4.95. The van der Waals surface area contributed by atoms with Crippen LogP contribution in [0.25, 0.3) is 0 Å². The van der Waals surface area contributed by atoms with E-state index in [1.807, 2.05) is 0 Å². The van der Waals surface area contributed by atoms with Gasteiger partial charge in [-0.15, -0.1) is 0 Å². The second kappa shape index (κ2) is 6.54. The lowest BCUT2D eigenvalue weighted by Gasteiger charge is -2.33. The minimum atomic E-state index is -4.43. The number of anilines is 1. The van der Waals surface area contributed by atoms with Gasteiger partial charge in [0.15, 0.2) is 11.7 Å². The normalized spacial score (nSPS) is 22.1. The van der Waals surface area contributed by atoms with Crippen LogP contribution >= 0.6 is 0 Å². The van der Waals surface area contributed by atoms with Gasteiger partial charge in [-0.1, -0.05) is 12.1 Å². The molecule has 1 aliphatic heterocycles. The van der Waals surface area contributed by atoms with E-state index in [4.69, 9.17) is 0 Å². The van der Waals surface area contributed by atoms with Crippen molar-refractivity contribution in [3.8, 4) is 0 Å². The van der Waals surface area contributed by atoms with E-state index in [-0.39, 0.29) is 42.3 Å². The number of rotatable bonds is 4. The van der Waals surface area contributed by atoms with Crippen LogP contribution in [0.3, 0.4) is 0 Å². The summed E-state index contributed by atoms with van der Waals surface area (Å²) in [5.41, 5.74) is 0.596. The molecule has 144 valence electrons. The standard InChI is InChI=1S/C18H18F4N4O/c19-12-5-1-10(2-6-12)9-23-17(27)14-8-16-24-13(11-3-4-11)7-15(18(20,21)22)26(16)25-14/h1-2,5-6,8,11,13,15,24H,3-4,7,9H2,(H,23,27)/t13-,15+/m0/s1. The summed E-state index contributed by atoms with van der Waals surface area (Å²) >= 11 is 0. The van der Waals surface area contributed by atoms with Crippen molar-refractivity contribution in [3.05, 3.63) is 47.4 Å². The number of alkyl halides is 3. The van der Waals surface area contributed by atoms with Gasteiger partial charge in [0.2, 0.25) is 0 Å². The molecule has 1 aliphatic carbocycles. The maximum absolute atomic E-state index is 13.5. The van der Waals surface area contributed by atoms with Gasteiger partial charge in [0, 0.05) is 18.7 Å². The Morgan fingerprint density at radius 3 is 2.59 bits per heavy atom. The zero-order valence-corrected chi connectivity index (χ0v) is 14.3. The second-order valence-corrected chi connectivity index (χ2v) is 7.05. The predicted octanol–water partition coefficient (Wildman–Crippen LogP) is 3.65. The van der Waals surface area contributed by atoms with Crippen LogP contribution in [-0.2, 0) is 6.54 Å². The van der Waals surface area contributed by atoms with Crippen molar-refractivity contribution in [2.24, 2.45) is 5.92 Å². The van der Waals surface area contributed by atoms with E-state index < -0.39 is 18.1 Å². The molecular weight excluding hydrogens is 364 g/mol. The quantitative estimate of drug-likeness (QED) is 0.794. The topological polar surface area (TPSA) is 59.0 Å². The van der Waals surface area contributed by atoms with Gasteiger partial charge in [-0.2, -0.15) is 18.3 Å². The van der Waals surface area contributed by atoms with E-state index in [0.29, 0.717) is 5.56 Å². The summed E-state index contributed by atoms with van der Waals surface area (Å²) in [5, 5.41) is 9.59. The van der Waals surface area contributed by atoms with Gasteiger partial charge in [-0.25, -0.2) is 9.07 Å². The molecule has 0 saturated heterocycles. The van der Waals surface area contributed by atoms with Crippen molar-refractivity contribution in [1.82, 2.24) is 15.1 Å². The molecule has 1 saturated carbocycles. The molecule has 0 unspecified atom stereocenters. The Hall–Kier alpha value is -2.58. The second-order valence-electron chi connectivity index (χ2n) is 7.05. The molecule has 2 aromatic rings. The monoisotopic (exact) mass is 382 g/mol. The van der Waals surface area contributed by atoms with Gasteiger partial charge >= 0.3 is 6.18 Å². The van der Waals surface area contributed by atoms with Crippen LogP contribution in [0.4, 0.5) is 23.4 Å². The lowest BCUT2D eigenvalue weighted by molar-refractivity contribution is -0.174. The first-order chi connectivity index (χ1) is 12.8. The third-order valence-electron chi connectivity index (χ3n) is 5.01. The lowest BCUT2D eigenvalue weighted by Crippen LogP contribution is -2.40. The van der Waals surface area contributed by atoms with Gasteiger partial charge < -0.3 is 10.6 Å². The third-order valence-corrected chi connectivity index (χ3v) is 5.01. The van der Waals surface area contributed by atoms with Gasteiger partial charge in [0.1, 0.15) is 11.6 Å². The molecule has 5 nitrogen and oxygen atoms in total. The van der Waals surface area contributed by atoms with Crippen molar-refractivity contribution in [3.63, 3.8) is 0 Å². The molecule has 0 spiro atoms. The Labute approximate surface area is 152 Å². The van der Waals surface area contributed by atoms with Crippen LogP contribution in [0.15, 0.2) is 30.3 Å². The van der Waals surface area contributed by atoms with Crippen LogP contribution in [0.2, 0.25) is 0 Å². The molecule has 0 radical (unpaired) electrons. The van der Waals surface area contributed by atoms with E-state index >= 15 is 0 Å². The van der Waals surface area contributed by atoms with E-state index in [1.165, 1.54) is 30.3 Å². The molecule has 2 heterocycles. The number of nitrogens with zero attached hydrogens (tertiary/aromatic N) is 2. The summed E-state index contributed by atoms with van der Waals surface area (Å²) in [4.78, 5) is 12.3. The van der Waals surface area contributed by atoms with Crippen molar-refractivity contribution < 1.29 is 22.4 Å². The number of fused-ring (bicyclic) bond motifs is 1. The number of hydrogen-bond acceptors (Lipinski definition) is 3. The molecule has 2 atom stereocenters. The Bertz CT molecular complexity index is 842. The van der Waals surface area contributed by atoms with Crippen LogP contribution in [0.5, 0.6) is 0 Å². The minimum Gasteiger partial charge on any atom is -0.367 e. The average Bonchev–Trinajstić information content (AvgIpc) is 3.38. The highest BCUT2D eigenvalue weighted by Gasteiger charge is 2.49. The number of benzene rings is 1. The summed E-state index contributed by atoms with van der Waals surface area (Å²) in [5.74, 6) is -0.505. The first kappa shape index (κ1) is 17.8. The van der Waals surface area contributed by atoms with Crippen molar-refractivity contribution >= 4 is 11.7 Å². The third kappa shape index (κ3) is 3.77. The molecule has 4 rings (SSSR count). The van der Waals surface area contributed by atoms with Crippen molar-refractivity contribution in [1.29, 1.82) is 0 Å². The Morgan fingerprint density at radius 1 is 1.26 bits per heavy atom. The number of hydrogen-bond donors (Lipinski definition) is 2. The fourth-order valence-electron chi connectivity index (χ4n) is 3.40. The number of aromatic nitrogens is 2. The minimum absolute atomic E-state index is 0.0784. The van der Waals surface area contributed by atoms with Crippen molar-refractivity contribution in [2.45, 2.75) is 44.1 Å². The summed E-state index contributed by atoms with van der Waals surface area (Å²) in [6.45, 7) is 0.127. The number of halogens is 4. The van der Waals surface area contributed by atoms with Gasteiger partial charge in [-0.05, 0) is 42.9 Å². The fraction of sp³-hybridized carbons (Fsp3) is 0.444. The largest absolute Gasteiger partial charge is 0.410 e. The smallest absolute Gasteiger partial charge is 0.367 e. The molecule has 1 aromatic carbocycles. The zero-order valence-electron chi connectivity index (χ0n) is 14.3. The fourth-order valence-corrected chi connectivity index (χ4v) is 3.40. The van der Waals surface area contributed by atoms with Crippen LogP contribution < -0.4 is 10.6 Å². The van der Waals surface area contributed by atoms with Gasteiger partial charge in [0.25, 0.3) is 5.91 Å². The van der Waals surface area contributed by atoms with E-state index in [2.05, 4.69) is 15.7 Å². The molecule has 1 aromatic heterocycles.